The van der Waals surface area contributed by atoms with Crippen molar-refractivity contribution < 1.29 is 14.6 Å². The number of likely N-dealkylation sites (tertiary alicyclic amines) is 1. The van der Waals surface area contributed by atoms with E-state index in [-0.39, 0.29) is 18.2 Å². The van der Waals surface area contributed by atoms with E-state index in [1.54, 1.807) is 0 Å². The van der Waals surface area contributed by atoms with Crippen LogP contribution in [0.2, 0.25) is 0 Å². The van der Waals surface area contributed by atoms with E-state index >= 15 is 0 Å². The van der Waals surface area contributed by atoms with Gasteiger partial charge in [0.1, 0.15) is 5.60 Å². The molecule has 0 saturated carbocycles. The van der Waals surface area contributed by atoms with E-state index in [4.69, 9.17) is 4.74 Å². The van der Waals surface area contributed by atoms with Gasteiger partial charge in [-0.05, 0) is 59.4 Å². The lowest BCUT2D eigenvalue weighted by Crippen LogP contribution is -2.48. The maximum atomic E-state index is 11.8. The molecule has 1 saturated heterocycles. The topological polar surface area (TPSA) is 61.8 Å². The number of hydrogen-bond acceptors (Lipinski definition) is 4. The average Bonchev–Trinajstić information content (AvgIpc) is 2.36. The Labute approximate surface area is 129 Å². The Morgan fingerprint density at radius 1 is 1.48 bits per heavy atom. The van der Waals surface area contributed by atoms with Crippen LogP contribution >= 0.6 is 0 Å². The summed E-state index contributed by atoms with van der Waals surface area (Å²) >= 11 is 0. The fourth-order valence-electron chi connectivity index (χ4n) is 2.70. The summed E-state index contributed by atoms with van der Waals surface area (Å²) in [7, 11) is 0. The number of alkyl carbamates (subject to hydrolysis) is 1. The van der Waals surface area contributed by atoms with Crippen LogP contribution in [0.4, 0.5) is 4.79 Å². The van der Waals surface area contributed by atoms with Gasteiger partial charge in [0.2, 0.25) is 0 Å². The lowest BCUT2D eigenvalue weighted by atomic mass is 9.91. The second kappa shape index (κ2) is 7.99. The fraction of sp³-hybridized carbons (Fsp3) is 0.938. The van der Waals surface area contributed by atoms with Crippen molar-refractivity contribution in [2.75, 3.05) is 19.6 Å². The molecule has 5 nitrogen and oxygen atoms in total. The van der Waals surface area contributed by atoms with E-state index in [1.165, 1.54) is 0 Å². The number of ether oxygens (including phenoxy) is 1. The van der Waals surface area contributed by atoms with Gasteiger partial charge in [-0.3, -0.25) is 0 Å². The van der Waals surface area contributed by atoms with E-state index in [2.05, 4.69) is 10.2 Å². The van der Waals surface area contributed by atoms with Gasteiger partial charge in [0.25, 0.3) is 0 Å². The Hall–Kier alpha value is -0.810. The zero-order valence-electron chi connectivity index (χ0n) is 14.2. The molecule has 124 valence electrons. The Balaban J connectivity index is 2.43. The minimum absolute atomic E-state index is 0.0846. The van der Waals surface area contributed by atoms with Crippen molar-refractivity contribution in [1.82, 2.24) is 10.2 Å². The number of hydrogen-bond donors (Lipinski definition) is 2. The highest BCUT2D eigenvalue weighted by Gasteiger charge is 2.27. The van der Waals surface area contributed by atoms with Crippen molar-refractivity contribution >= 4 is 6.09 Å². The van der Waals surface area contributed by atoms with Crippen LogP contribution in [0.5, 0.6) is 0 Å². The number of piperidine rings is 1. The number of nitrogens with zero attached hydrogens (tertiary/aromatic N) is 1. The van der Waals surface area contributed by atoms with Gasteiger partial charge in [-0.1, -0.05) is 6.92 Å². The molecule has 1 aliphatic heterocycles. The molecule has 1 rings (SSSR count). The molecule has 1 aliphatic rings. The van der Waals surface area contributed by atoms with Crippen LogP contribution in [0.1, 0.15) is 53.9 Å². The fourth-order valence-corrected chi connectivity index (χ4v) is 2.70. The molecule has 3 unspecified atom stereocenters. The third-order valence-corrected chi connectivity index (χ3v) is 3.93. The van der Waals surface area contributed by atoms with Gasteiger partial charge in [-0.2, -0.15) is 0 Å². The molecule has 0 aromatic carbocycles. The highest BCUT2D eigenvalue weighted by molar-refractivity contribution is 5.68. The summed E-state index contributed by atoms with van der Waals surface area (Å²) < 4.78 is 5.30. The van der Waals surface area contributed by atoms with Crippen molar-refractivity contribution in [1.29, 1.82) is 0 Å². The second-order valence-electron chi connectivity index (χ2n) is 7.16. The van der Waals surface area contributed by atoms with Crippen LogP contribution in [0, 0.1) is 5.92 Å². The molecular formula is C16H32N2O3. The molecule has 5 heteroatoms. The van der Waals surface area contributed by atoms with E-state index in [0.29, 0.717) is 5.92 Å². The molecular weight excluding hydrogens is 268 g/mol. The summed E-state index contributed by atoms with van der Waals surface area (Å²) in [6.45, 7) is 12.3. The summed E-state index contributed by atoms with van der Waals surface area (Å²) in [6.07, 6.45) is 2.41. The third-order valence-electron chi connectivity index (χ3n) is 3.93. The molecule has 0 aliphatic carbocycles. The number of amides is 1. The number of nitrogens with one attached hydrogen (secondary N) is 1. The van der Waals surface area contributed by atoms with Gasteiger partial charge in [-0.15, -0.1) is 0 Å². The number of carbonyl (C=O) groups excluding carboxylic acids is 1. The molecule has 1 heterocycles. The highest BCUT2D eigenvalue weighted by atomic mass is 16.6. The molecule has 3 atom stereocenters. The quantitative estimate of drug-likeness (QED) is 0.818. The van der Waals surface area contributed by atoms with E-state index in [1.807, 2.05) is 34.6 Å². The minimum atomic E-state index is -0.465. The molecule has 0 aromatic rings. The predicted octanol–water partition coefficient (Wildman–Crippen LogP) is 2.38. The van der Waals surface area contributed by atoms with Crippen LogP contribution < -0.4 is 5.32 Å². The van der Waals surface area contributed by atoms with Gasteiger partial charge in [-0.25, -0.2) is 4.79 Å². The van der Waals surface area contributed by atoms with Crippen molar-refractivity contribution in [2.45, 2.75) is 71.6 Å². The molecule has 21 heavy (non-hydrogen) atoms. The van der Waals surface area contributed by atoms with Crippen LogP contribution in [-0.2, 0) is 4.74 Å². The maximum Gasteiger partial charge on any atom is 0.407 e. The Kier molecular flexibility index (Phi) is 6.94. The highest BCUT2D eigenvalue weighted by Crippen LogP contribution is 2.20. The van der Waals surface area contributed by atoms with E-state index in [0.717, 1.165) is 38.9 Å². The number of aliphatic hydroxyl groups is 1. The van der Waals surface area contributed by atoms with Gasteiger partial charge in [0, 0.05) is 19.1 Å². The van der Waals surface area contributed by atoms with Crippen molar-refractivity contribution in [3.05, 3.63) is 0 Å². The van der Waals surface area contributed by atoms with Gasteiger partial charge in [0.15, 0.2) is 0 Å². The Morgan fingerprint density at radius 2 is 2.14 bits per heavy atom. The Morgan fingerprint density at radius 3 is 2.71 bits per heavy atom. The summed E-state index contributed by atoms with van der Waals surface area (Å²) in [5, 5.41) is 12.7. The van der Waals surface area contributed by atoms with Crippen LogP contribution in [0.15, 0.2) is 0 Å². The summed E-state index contributed by atoms with van der Waals surface area (Å²) in [5.74, 6) is 0.412. The first-order valence-corrected chi connectivity index (χ1v) is 8.11. The minimum Gasteiger partial charge on any atom is -0.444 e. The maximum absolute atomic E-state index is 11.8. The monoisotopic (exact) mass is 300 g/mol. The third kappa shape index (κ3) is 7.14. The second-order valence-corrected chi connectivity index (χ2v) is 7.16. The molecule has 2 N–H and O–H groups in total. The first-order valence-electron chi connectivity index (χ1n) is 8.11. The molecule has 0 radical (unpaired) electrons. The zero-order valence-corrected chi connectivity index (χ0v) is 14.2. The first kappa shape index (κ1) is 18.2. The van der Waals surface area contributed by atoms with Gasteiger partial charge < -0.3 is 20.1 Å². The molecule has 0 bridgehead atoms. The van der Waals surface area contributed by atoms with Crippen LogP contribution in [0.25, 0.3) is 0 Å². The molecule has 0 aromatic heterocycles. The number of β-amino-alcohol motifs (C(OH)–C–C–N with tert-alkyl or cyclic N) is 1. The van der Waals surface area contributed by atoms with Crippen molar-refractivity contribution in [3.8, 4) is 0 Å². The summed E-state index contributed by atoms with van der Waals surface area (Å²) in [4.78, 5) is 14.1. The van der Waals surface area contributed by atoms with E-state index < -0.39 is 5.60 Å². The lowest BCUT2D eigenvalue weighted by molar-refractivity contribution is 0.0438. The van der Waals surface area contributed by atoms with E-state index in [9.17, 15) is 9.90 Å². The molecule has 0 spiro atoms. The summed E-state index contributed by atoms with van der Waals surface area (Å²) in [5.41, 5.74) is -0.465. The zero-order chi connectivity index (χ0) is 16.0. The van der Waals surface area contributed by atoms with Crippen molar-refractivity contribution in [3.63, 3.8) is 0 Å². The summed E-state index contributed by atoms with van der Waals surface area (Å²) in [6, 6.07) is 0.0846. The SMILES string of the molecule is CCC(O)CN1CCCC(C(C)NC(=O)OC(C)(C)C)C1. The molecule has 1 fully saturated rings. The van der Waals surface area contributed by atoms with Crippen LogP contribution in [-0.4, -0.2) is 53.5 Å². The Bertz CT molecular complexity index is 328. The average molecular weight is 300 g/mol. The van der Waals surface area contributed by atoms with Gasteiger partial charge in [0.05, 0.1) is 6.10 Å². The number of aliphatic hydroxyl groups excluding tert-OH is 1. The largest absolute Gasteiger partial charge is 0.444 e. The predicted molar refractivity (Wildman–Crippen MR) is 84.3 cm³/mol. The van der Waals surface area contributed by atoms with Crippen molar-refractivity contribution in [2.24, 2.45) is 5.92 Å². The standard InChI is InChI=1S/C16H32N2O3/c1-6-14(19)11-18-9-7-8-13(10-18)12(2)17-15(20)21-16(3,4)5/h12-14,19H,6-11H2,1-5H3,(H,17,20). The van der Waals surface area contributed by atoms with Crippen LogP contribution in [0.3, 0.4) is 0 Å². The number of rotatable bonds is 5. The normalized spacial score (nSPS) is 23.4. The number of carbonyl (C=O) groups is 1. The lowest BCUT2D eigenvalue weighted by Gasteiger charge is -2.37. The first-order chi connectivity index (χ1) is 9.71. The molecule has 1 amide bonds. The van der Waals surface area contributed by atoms with Gasteiger partial charge >= 0.3 is 6.09 Å². The smallest absolute Gasteiger partial charge is 0.407 e.